The van der Waals surface area contributed by atoms with Crippen LogP contribution in [0.25, 0.3) is 11.0 Å². The molecule has 1 aliphatic rings. The highest BCUT2D eigenvalue weighted by molar-refractivity contribution is 6.05. The molecule has 2 amide bonds. The van der Waals surface area contributed by atoms with E-state index in [2.05, 4.69) is 10.3 Å². The van der Waals surface area contributed by atoms with Gasteiger partial charge in [-0.1, -0.05) is 12.1 Å². The fourth-order valence-electron chi connectivity index (χ4n) is 3.86. The van der Waals surface area contributed by atoms with Gasteiger partial charge in [-0.05, 0) is 49.7 Å². The van der Waals surface area contributed by atoms with Crippen LogP contribution in [0.4, 0.5) is 11.6 Å². The van der Waals surface area contributed by atoms with Gasteiger partial charge in [-0.15, -0.1) is 0 Å². The van der Waals surface area contributed by atoms with Gasteiger partial charge >= 0.3 is 0 Å². The summed E-state index contributed by atoms with van der Waals surface area (Å²) < 4.78 is 12.4. The van der Waals surface area contributed by atoms with Crippen molar-refractivity contribution in [3.8, 4) is 5.75 Å². The van der Waals surface area contributed by atoms with Gasteiger partial charge in [0.15, 0.2) is 0 Å². The Morgan fingerprint density at radius 1 is 1.16 bits per heavy atom. The molecule has 0 saturated carbocycles. The minimum absolute atomic E-state index is 0.0280. The number of carbonyl (C=O) groups excluding carboxylic acids is 2. The first kappa shape index (κ1) is 20.9. The van der Waals surface area contributed by atoms with E-state index >= 15 is 0 Å². The smallest absolute Gasteiger partial charge is 0.253 e. The van der Waals surface area contributed by atoms with Crippen LogP contribution in [-0.2, 0) is 14.3 Å². The van der Waals surface area contributed by atoms with Crippen LogP contribution in [0.1, 0.15) is 25.8 Å². The molecule has 3 aromatic rings. The number of rotatable bonds is 9. The third-order valence-corrected chi connectivity index (χ3v) is 5.24. The monoisotopic (exact) mass is 422 g/mol. The lowest BCUT2D eigenvalue weighted by molar-refractivity contribution is -0.124. The van der Waals surface area contributed by atoms with E-state index < -0.39 is 6.04 Å². The molecule has 0 fully saturated rings. The maximum atomic E-state index is 13.2. The number of nitrogens with zero attached hydrogens (tertiary/aromatic N) is 3. The van der Waals surface area contributed by atoms with Gasteiger partial charge in [0.05, 0.1) is 24.1 Å². The van der Waals surface area contributed by atoms with E-state index in [0.29, 0.717) is 37.8 Å². The molecular formula is C23H26N4O4. The van der Waals surface area contributed by atoms with E-state index in [1.54, 1.807) is 36.3 Å². The van der Waals surface area contributed by atoms with Crippen LogP contribution in [0, 0.1) is 0 Å². The van der Waals surface area contributed by atoms with Gasteiger partial charge in [-0.3, -0.25) is 19.1 Å². The number of aromatic nitrogens is 2. The molecule has 1 aliphatic heterocycles. The average molecular weight is 422 g/mol. The number of anilines is 2. The molecule has 0 radical (unpaired) electrons. The van der Waals surface area contributed by atoms with Gasteiger partial charge in [0.25, 0.3) is 5.91 Å². The molecule has 1 N–H and O–H groups in total. The van der Waals surface area contributed by atoms with E-state index in [0.717, 1.165) is 16.8 Å². The minimum atomic E-state index is -0.632. The number of hydrogen-bond donors (Lipinski definition) is 1. The molecule has 0 aliphatic carbocycles. The fourth-order valence-corrected chi connectivity index (χ4v) is 3.86. The summed E-state index contributed by atoms with van der Waals surface area (Å²) in [5, 5.41) is 2.88. The summed E-state index contributed by atoms with van der Waals surface area (Å²) in [4.78, 5) is 32.3. The molecule has 2 aromatic carbocycles. The number of benzene rings is 2. The molecule has 2 heterocycles. The van der Waals surface area contributed by atoms with Crippen LogP contribution in [0.5, 0.6) is 5.75 Å². The summed E-state index contributed by atoms with van der Waals surface area (Å²) in [6.45, 7) is 3.54. The van der Waals surface area contributed by atoms with E-state index in [9.17, 15) is 9.59 Å². The van der Waals surface area contributed by atoms with Gasteiger partial charge in [-0.25, -0.2) is 4.98 Å². The van der Waals surface area contributed by atoms with Crippen molar-refractivity contribution in [2.24, 2.45) is 0 Å². The Hall–Kier alpha value is -3.39. The summed E-state index contributed by atoms with van der Waals surface area (Å²) in [6, 6.07) is 14.2. The van der Waals surface area contributed by atoms with Crippen LogP contribution in [0.15, 0.2) is 48.5 Å². The Balaban J connectivity index is 1.54. The van der Waals surface area contributed by atoms with E-state index in [-0.39, 0.29) is 18.2 Å². The largest absolute Gasteiger partial charge is 0.494 e. The van der Waals surface area contributed by atoms with Crippen LogP contribution in [0.3, 0.4) is 0 Å². The Kier molecular flexibility index (Phi) is 6.18. The van der Waals surface area contributed by atoms with Crippen molar-refractivity contribution in [3.63, 3.8) is 0 Å². The van der Waals surface area contributed by atoms with Gasteiger partial charge < -0.3 is 14.8 Å². The molecule has 1 atom stereocenters. The molecule has 1 aromatic heterocycles. The fraction of sp³-hybridized carbons (Fsp3) is 0.348. The topological polar surface area (TPSA) is 85.7 Å². The maximum absolute atomic E-state index is 13.2. The molecular weight excluding hydrogens is 396 g/mol. The maximum Gasteiger partial charge on any atom is 0.253 e. The number of para-hydroxylation sites is 2. The molecule has 162 valence electrons. The molecule has 4 rings (SSSR count). The van der Waals surface area contributed by atoms with Crippen LogP contribution >= 0.6 is 0 Å². The second-order valence-electron chi connectivity index (χ2n) is 7.33. The quantitative estimate of drug-likeness (QED) is 0.534. The Labute approximate surface area is 180 Å². The van der Waals surface area contributed by atoms with E-state index in [1.165, 1.54) is 0 Å². The summed E-state index contributed by atoms with van der Waals surface area (Å²) in [5.41, 5.74) is 2.31. The molecule has 0 spiro atoms. The number of ether oxygens (including phenoxy) is 2. The number of carbonyl (C=O) groups is 2. The Morgan fingerprint density at radius 2 is 1.94 bits per heavy atom. The zero-order valence-corrected chi connectivity index (χ0v) is 17.7. The number of hydrogen-bond acceptors (Lipinski definition) is 5. The molecule has 8 nitrogen and oxygen atoms in total. The van der Waals surface area contributed by atoms with Crippen molar-refractivity contribution < 1.29 is 19.1 Å². The van der Waals surface area contributed by atoms with Crippen molar-refractivity contribution in [2.45, 2.75) is 25.8 Å². The summed E-state index contributed by atoms with van der Waals surface area (Å²) in [5.74, 6) is 0.977. The third kappa shape index (κ3) is 4.25. The number of amides is 2. The lowest BCUT2D eigenvalue weighted by Gasteiger charge is -2.15. The lowest BCUT2D eigenvalue weighted by atomic mass is 10.1. The predicted molar refractivity (Wildman–Crippen MR) is 118 cm³/mol. The van der Waals surface area contributed by atoms with Gasteiger partial charge in [0.2, 0.25) is 11.9 Å². The molecule has 0 bridgehead atoms. The number of fused-ring (bicyclic) bond motifs is 3. The summed E-state index contributed by atoms with van der Waals surface area (Å²) in [6.07, 6.45) is 0.719. The summed E-state index contributed by atoms with van der Waals surface area (Å²) >= 11 is 0. The Bertz CT molecular complexity index is 1080. The van der Waals surface area contributed by atoms with Crippen LogP contribution in [0.2, 0.25) is 0 Å². The van der Waals surface area contributed by atoms with Crippen molar-refractivity contribution in [2.75, 3.05) is 37.1 Å². The molecule has 31 heavy (non-hydrogen) atoms. The zero-order chi connectivity index (χ0) is 21.8. The lowest BCUT2D eigenvalue weighted by Crippen LogP contribution is -2.32. The van der Waals surface area contributed by atoms with Crippen molar-refractivity contribution in [1.82, 2.24) is 9.55 Å². The first-order valence-corrected chi connectivity index (χ1v) is 10.4. The van der Waals surface area contributed by atoms with E-state index in [4.69, 9.17) is 9.47 Å². The zero-order valence-electron chi connectivity index (χ0n) is 17.7. The van der Waals surface area contributed by atoms with Crippen molar-refractivity contribution in [3.05, 3.63) is 48.5 Å². The standard InChI is InChI=1S/C23H26N4O4/c1-3-31-17-11-9-16(10-12-17)24-21(28)15-20-22(29)26(13-6-14-30-2)23-25-18-7-4-5-8-19(18)27(20)23/h4-5,7-12,20H,3,6,13-15H2,1-2H3,(H,24,28)/t20-/m0/s1. The minimum Gasteiger partial charge on any atom is -0.494 e. The Morgan fingerprint density at radius 3 is 2.68 bits per heavy atom. The van der Waals surface area contributed by atoms with Crippen LogP contribution in [-0.4, -0.2) is 48.2 Å². The summed E-state index contributed by atoms with van der Waals surface area (Å²) in [7, 11) is 1.63. The van der Waals surface area contributed by atoms with E-state index in [1.807, 2.05) is 35.8 Å². The number of nitrogens with one attached hydrogen (secondary N) is 1. The molecule has 0 unspecified atom stereocenters. The highest BCUT2D eigenvalue weighted by atomic mass is 16.5. The highest BCUT2D eigenvalue weighted by Gasteiger charge is 2.40. The van der Waals surface area contributed by atoms with Crippen molar-refractivity contribution >= 4 is 34.5 Å². The predicted octanol–water partition coefficient (Wildman–Crippen LogP) is 3.39. The first-order valence-electron chi connectivity index (χ1n) is 10.4. The van der Waals surface area contributed by atoms with Crippen LogP contribution < -0.4 is 15.0 Å². The average Bonchev–Trinajstić information content (AvgIpc) is 3.26. The first-order chi connectivity index (χ1) is 15.1. The van der Waals surface area contributed by atoms with Gasteiger partial charge in [0, 0.05) is 25.9 Å². The third-order valence-electron chi connectivity index (χ3n) is 5.24. The second-order valence-corrected chi connectivity index (χ2v) is 7.33. The van der Waals surface area contributed by atoms with Gasteiger partial charge in [-0.2, -0.15) is 0 Å². The SMILES string of the molecule is CCOc1ccc(NC(=O)C[C@H]2C(=O)N(CCCOC)c3nc4ccccc4n32)cc1. The molecule has 0 saturated heterocycles. The normalized spacial score (nSPS) is 15.4. The van der Waals surface area contributed by atoms with Crippen molar-refractivity contribution in [1.29, 1.82) is 0 Å². The number of imidazole rings is 1. The second kappa shape index (κ2) is 9.18. The highest BCUT2D eigenvalue weighted by Crippen LogP contribution is 2.36. The molecule has 8 heteroatoms. The van der Waals surface area contributed by atoms with Gasteiger partial charge in [0.1, 0.15) is 11.8 Å². The number of methoxy groups -OCH3 is 1.